The summed E-state index contributed by atoms with van der Waals surface area (Å²) in [5.41, 5.74) is -0.781. The average molecular weight is 315 g/mol. The minimum Gasteiger partial charge on any atom is -0.385 e. The van der Waals surface area contributed by atoms with Crippen molar-refractivity contribution in [2.75, 3.05) is 5.32 Å². The molecule has 0 fully saturated rings. The van der Waals surface area contributed by atoms with Crippen molar-refractivity contribution >= 4 is 34.0 Å². The molecule has 0 aliphatic heterocycles. The lowest BCUT2D eigenvalue weighted by atomic mass is 10.1. The molecule has 0 aliphatic rings. The zero-order valence-corrected chi connectivity index (χ0v) is 12.3. The minimum atomic E-state index is -1.01. The van der Waals surface area contributed by atoms with Gasteiger partial charge in [0.25, 0.3) is 5.91 Å². The monoisotopic (exact) mass is 314 g/mol. The van der Waals surface area contributed by atoms with E-state index >= 15 is 0 Å². The number of carbonyl (C=O) groups is 1. The van der Waals surface area contributed by atoms with Gasteiger partial charge in [-0.25, -0.2) is 9.37 Å². The van der Waals surface area contributed by atoms with E-state index in [4.69, 9.17) is 11.6 Å². The van der Waals surface area contributed by atoms with Crippen LogP contribution in [0, 0.1) is 5.82 Å². The zero-order valence-electron chi connectivity index (χ0n) is 10.8. The standard InChI is InChI=1S/C13H12ClFN2O2S/c1-13(2,19)10-6-16-12(20-10)17-11(18)7-3-4-9(15)8(14)5-7/h3-6,19H,1-2H3,(H,16,17,18). The summed E-state index contributed by atoms with van der Waals surface area (Å²) in [6.07, 6.45) is 1.50. The van der Waals surface area contributed by atoms with E-state index in [1.54, 1.807) is 13.8 Å². The Labute approximate surface area is 124 Å². The highest BCUT2D eigenvalue weighted by molar-refractivity contribution is 7.15. The number of thiazole rings is 1. The van der Waals surface area contributed by atoms with Crippen molar-refractivity contribution in [2.45, 2.75) is 19.4 Å². The quantitative estimate of drug-likeness (QED) is 0.912. The lowest BCUT2D eigenvalue weighted by Gasteiger charge is -2.13. The average Bonchev–Trinajstić information content (AvgIpc) is 2.81. The van der Waals surface area contributed by atoms with Crippen molar-refractivity contribution in [3.63, 3.8) is 0 Å². The van der Waals surface area contributed by atoms with E-state index in [-0.39, 0.29) is 10.6 Å². The molecule has 0 spiro atoms. The Kier molecular flexibility index (Phi) is 4.08. The Morgan fingerprint density at radius 1 is 1.50 bits per heavy atom. The SMILES string of the molecule is CC(C)(O)c1cnc(NC(=O)c2ccc(F)c(Cl)c2)s1. The summed E-state index contributed by atoms with van der Waals surface area (Å²) in [7, 11) is 0. The van der Waals surface area contributed by atoms with Crippen molar-refractivity contribution in [2.24, 2.45) is 0 Å². The number of rotatable bonds is 3. The second-order valence-corrected chi connectivity index (χ2v) is 6.11. The second kappa shape index (κ2) is 5.47. The number of hydrogen-bond acceptors (Lipinski definition) is 4. The third kappa shape index (κ3) is 3.33. The molecule has 106 valence electrons. The Balaban J connectivity index is 2.15. The molecular weight excluding hydrogens is 303 g/mol. The highest BCUT2D eigenvalue weighted by Crippen LogP contribution is 2.28. The van der Waals surface area contributed by atoms with Gasteiger partial charge in [-0.1, -0.05) is 22.9 Å². The molecule has 1 amide bonds. The number of hydrogen-bond donors (Lipinski definition) is 2. The maximum Gasteiger partial charge on any atom is 0.257 e. The molecule has 20 heavy (non-hydrogen) atoms. The number of anilines is 1. The smallest absolute Gasteiger partial charge is 0.257 e. The number of aromatic nitrogens is 1. The highest BCUT2D eigenvalue weighted by Gasteiger charge is 2.20. The van der Waals surface area contributed by atoms with Crippen LogP contribution in [0.25, 0.3) is 0 Å². The predicted octanol–water partition coefficient (Wildman–Crippen LogP) is 3.42. The summed E-state index contributed by atoms with van der Waals surface area (Å²) >= 11 is 6.79. The zero-order chi connectivity index (χ0) is 14.9. The number of benzene rings is 1. The summed E-state index contributed by atoms with van der Waals surface area (Å²) in [4.78, 5) is 16.6. The molecule has 0 radical (unpaired) electrons. The van der Waals surface area contributed by atoms with Crippen LogP contribution in [-0.4, -0.2) is 16.0 Å². The van der Waals surface area contributed by atoms with E-state index in [2.05, 4.69) is 10.3 Å². The number of amides is 1. The molecule has 4 nitrogen and oxygen atoms in total. The van der Waals surface area contributed by atoms with Crippen LogP contribution in [0.5, 0.6) is 0 Å². The van der Waals surface area contributed by atoms with Gasteiger partial charge < -0.3 is 5.11 Å². The number of carbonyl (C=O) groups excluding carboxylic acids is 1. The third-order valence-corrected chi connectivity index (χ3v) is 4.03. The van der Waals surface area contributed by atoms with Crippen LogP contribution in [0.1, 0.15) is 29.1 Å². The van der Waals surface area contributed by atoms with E-state index in [1.807, 2.05) is 0 Å². The summed E-state index contributed by atoms with van der Waals surface area (Å²) < 4.78 is 13.0. The van der Waals surface area contributed by atoms with E-state index in [0.29, 0.717) is 10.0 Å². The van der Waals surface area contributed by atoms with E-state index in [1.165, 1.54) is 29.7 Å². The normalized spacial score (nSPS) is 11.4. The molecule has 1 aromatic carbocycles. The first-order valence-corrected chi connectivity index (χ1v) is 6.92. The first-order chi connectivity index (χ1) is 9.27. The molecule has 2 aromatic rings. The first-order valence-electron chi connectivity index (χ1n) is 5.72. The van der Waals surface area contributed by atoms with Crippen molar-refractivity contribution < 1.29 is 14.3 Å². The molecule has 0 aliphatic carbocycles. The van der Waals surface area contributed by atoms with Gasteiger partial charge in [-0.15, -0.1) is 0 Å². The molecule has 0 unspecified atom stereocenters. The van der Waals surface area contributed by atoms with Crippen molar-refractivity contribution in [1.82, 2.24) is 4.98 Å². The van der Waals surface area contributed by atoms with Gasteiger partial charge >= 0.3 is 0 Å². The molecule has 2 N–H and O–H groups in total. The Morgan fingerprint density at radius 2 is 2.20 bits per heavy atom. The molecule has 0 bridgehead atoms. The number of nitrogens with zero attached hydrogens (tertiary/aromatic N) is 1. The second-order valence-electron chi connectivity index (χ2n) is 4.67. The molecular formula is C13H12ClFN2O2S. The van der Waals surface area contributed by atoms with Gasteiger partial charge in [0, 0.05) is 11.8 Å². The molecule has 0 saturated heterocycles. The van der Waals surface area contributed by atoms with Crippen LogP contribution < -0.4 is 5.32 Å². The fourth-order valence-corrected chi connectivity index (χ4v) is 2.41. The van der Waals surface area contributed by atoms with Gasteiger partial charge in [-0.2, -0.15) is 0 Å². The number of nitrogens with one attached hydrogen (secondary N) is 1. The van der Waals surface area contributed by atoms with Crippen LogP contribution in [-0.2, 0) is 5.60 Å². The van der Waals surface area contributed by atoms with Gasteiger partial charge in [0.05, 0.1) is 15.5 Å². The van der Waals surface area contributed by atoms with Crippen LogP contribution in [0.4, 0.5) is 9.52 Å². The van der Waals surface area contributed by atoms with Gasteiger partial charge in [0.15, 0.2) is 5.13 Å². The largest absolute Gasteiger partial charge is 0.385 e. The molecule has 0 atom stereocenters. The maximum absolute atomic E-state index is 13.0. The lowest BCUT2D eigenvalue weighted by molar-refractivity contribution is 0.0823. The highest BCUT2D eigenvalue weighted by atomic mass is 35.5. The van der Waals surface area contributed by atoms with E-state index in [0.717, 1.165) is 6.07 Å². The topological polar surface area (TPSA) is 62.2 Å². The maximum atomic E-state index is 13.0. The van der Waals surface area contributed by atoms with Crippen LogP contribution in [0.15, 0.2) is 24.4 Å². The van der Waals surface area contributed by atoms with Crippen LogP contribution in [0.2, 0.25) is 5.02 Å². The van der Waals surface area contributed by atoms with Gasteiger partial charge in [0.2, 0.25) is 0 Å². The van der Waals surface area contributed by atoms with Crippen LogP contribution in [0.3, 0.4) is 0 Å². The summed E-state index contributed by atoms with van der Waals surface area (Å²) in [6.45, 7) is 3.26. The van der Waals surface area contributed by atoms with Gasteiger partial charge in [0.1, 0.15) is 5.82 Å². The fraction of sp³-hybridized carbons (Fsp3) is 0.231. The molecule has 1 aromatic heterocycles. The molecule has 0 saturated carbocycles. The lowest BCUT2D eigenvalue weighted by Crippen LogP contribution is -2.13. The fourth-order valence-electron chi connectivity index (χ4n) is 1.42. The minimum absolute atomic E-state index is 0.117. The van der Waals surface area contributed by atoms with E-state index < -0.39 is 17.3 Å². The Bertz CT molecular complexity index is 652. The van der Waals surface area contributed by atoms with Crippen molar-refractivity contribution in [3.8, 4) is 0 Å². The first kappa shape index (κ1) is 14.9. The Morgan fingerprint density at radius 3 is 2.75 bits per heavy atom. The third-order valence-electron chi connectivity index (χ3n) is 2.51. The summed E-state index contributed by atoms with van der Waals surface area (Å²) in [6, 6.07) is 3.71. The molecule has 2 rings (SSSR count). The number of aliphatic hydroxyl groups is 1. The summed E-state index contributed by atoms with van der Waals surface area (Å²) in [5, 5.41) is 12.6. The van der Waals surface area contributed by atoms with Crippen molar-refractivity contribution in [1.29, 1.82) is 0 Å². The molecule has 1 heterocycles. The van der Waals surface area contributed by atoms with Gasteiger partial charge in [-0.3, -0.25) is 10.1 Å². The predicted molar refractivity (Wildman–Crippen MR) is 76.7 cm³/mol. The van der Waals surface area contributed by atoms with Crippen LogP contribution >= 0.6 is 22.9 Å². The molecule has 7 heteroatoms. The summed E-state index contributed by atoms with van der Waals surface area (Å²) in [5.74, 6) is -1.02. The Hall–Kier alpha value is -1.50. The van der Waals surface area contributed by atoms with E-state index in [9.17, 15) is 14.3 Å². The van der Waals surface area contributed by atoms with Crippen molar-refractivity contribution in [3.05, 3.63) is 45.7 Å². The number of halogens is 2. The van der Waals surface area contributed by atoms with Gasteiger partial charge in [-0.05, 0) is 32.0 Å².